The van der Waals surface area contributed by atoms with E-state index in [0.29, 0.717) is 11.5 Å². The highest BCUT2D eigenvalue weighted by Crippen LogP contribution is 2.29. The standard InChI is InChI=1S/C15H20F2N2O3/c1-9-8-18-6-5-11(9)19-14(20)10-3-4-12(22-15(16)17)13(7-10)21-2/h3-4,7,9,11,15,18H,5-6,8H2,1-2H3,(H,19,20). The van der Waals surface area contributed by atoms with Crippen LogP contribution in [0, 0.1) is 5.92 Å². The molecule has 2 rings (SSSR count). The molecule has 2 unspecified atom stereocenters. The SMILES string of the molecule is COc1cc(C(=O)NC2CCNCC2C)ccc1OC(F)F. The van der Waals surface area contributed by atoms with Gasteiger partial charge in [-0.25, -0.2) is 0 Å². The number of hydrogen-bond donors (Lipinski definition) is 2. The average molecular weight is 314 g/mol. The second-order valence-electron chi connectivity index (χ2n) is 5.29. The highest BCUT2D eigenvalue weighted by atomic mass is 19.3. The highest BCUT2D eigenvalue weighted by Gasteiger charge is 2.23. The Labute approximate surface area is 128 Å². The van der Waals surface area contributed by atoms with Crippen molar-refractivity contribution < 1.29 is 23.0 Å². The van der Waals surface area contributed by atoms with E-state index in [-0.39, 0.29) is 23.4 Å². The van der Waals surface area contributed by atoms with Crippen molar-refractivity contribution in [1.29, 1.82) is 0 Å². The van der Waals surface area contributed by atoms with Crippen LogP contribution in [0.15, 0.2) is 18.2 Å². The lowest BCUT2D eigenvalue weighted by Crippen LogP contribution is -2.48. The predicted octanol–water partition coefficient (Wildman–Crippen LogP) is 2.02. The van der Waals surface area contributed by atoms with Gasteiger partial charge in [0.2, 0.25) is 0 Å². The van der Waals surface area contributed by atoms with E-state index in [2.05, 4.69) is 22.3 Å². The van der Waals surface area contributed by atoms with Gasteiger partial charge in [0.1, 0.15) is 0 Å². The molecule has 122 valence electrons. The van der Waals surface area contributed by atoms with Crippen molar-refractivity contribution in [2.24, 2.45) is 5.92 Å². The number of carbonyl (C=O) groups excluding carboxylic acids is 1. The van der Waals surface area contributed by atoms with Gasteiger partial charge in [-0.3, -0.25) is 4.79 Å². The summed E-state index contributed by atoms with van der Waals surface area (Å²) in [6.45, 7) is 0.844. The van der Waals surface area contributed by atoms with Crippen LogP contribution >= 0.6 is 0 Å². The zero-order valence-corrected chi connectivity index (χ0v) is 12.6. The van der Waals surface area contributed by atoms with Crippen molar-refractivity contribution in [2.45, 2.75) is 26.0 Å². The number of ether oxygens (including phenoxy) is 2. The van der Waals surface area contributed by atoms with Crippen molar-refractivity contribution in [2.75, 3.05) is 20.2 Å². The second kappa shape index (κ2) is 7.40. The van der Waals surface area contributed by atoms with Gasteiger partial charge < -0.3 is 20.1 Å². The van der Waals surface area contributed by atoms with Gasteiger partial charge in [0.05, 0.1) is 7.11 Å². The molecule has 22 heavy (non-hydrogen) atoms. The Morgan fingerprint density at radius 1 is 1.41 bits per heavy atom. The molecule has 0 saturated carbocycles. The number of alkyl halides is 2. The minimum Gasteiger partial charge on any atom is -0.493 e. The fraction of sp³-hybridized carbons (Fsp3) is 0.533. The number of piperidine rings is 1. The minimum atomic E-state index is -2.94. The van der Waals surface area contributed by atoms with Crippen LogP contribution in [0.1, 0.15) is 23.7 Å². The first-order chi connectivity index (χ1) is 10.5. The number of halogens is 2. The zero-order chi connectivity index (χ0) is 16.1. The first kappa shape index (κ1) is 16.5. The van der Waals surface area contributed by atoms with Crippen LogP contribution in [0.2, 0.25) is 0 Å². The fourth-order valence-electron chi connectivity index (χ4n) is 2.48. The Balaban J connectivity index is 2.09. The third-order valence-electron chi connectivity index (χ3n) is 3.74. The Morgan fingerprint density at radius 2 is 2.18 bits per heavy atom. The van der Waals surface area contributed by atoms with Crippen LogP contribution in [-0.4, -0.2) is 38.8 Å². The lowest BCUT2D eigenvalue weighted by molar-refractivity contribution is -0.0512. The van der Waals surface area contributed by atoms with Gasteiger partial charge >= 0.3 is 6.61 Å². The summed E-state index contributed by atoms with van der Waals surface area (Å²) in [4.78, 5) is 12.3. The van der Waals surface area contributed by atoms with Crippen molar-refractivity contribution in [1.82, 2.24) is 10.6 Å². The third-order valence-corrected chi connectivity index (χ3v) is 3.74. The van der Waals surface area contributed by atoms with Gasteiger partial charge in [-0.05, 0) is 43.6 Å². The van der Waals surface area contributed by atoms with Gasteiger partial charge in [0, 0.05) is 11.6 Å². The number of carbonyl (C=O) groups is 1. The number of benzene rings is 1. The molecule has 7 heteroatoms. The summed E-state index contributed by atoms with van der Waals surface area (Å²) in [5.41, 5.74) is 0.351. The van der Waals surface area contributed by atoms with E-state index in [1.807, 2.05) is 0 Å². The Morgan fingerprint density at radius 3 is 2.82 bits per heavy atom. The normalized spacial score (nSPS) is 21.5. The van der Waals surface area contributed by atoms with Gasteiger partial charge in [-0.1, -0.05) is 6.92 Å². The average Bonchev–Trinajstić information content (AvgIpc) is 2.49. The molecule has 2 N–H and O–H groups in total. The molecular weight excluding hydrogens is 294 g/mol. The highest BCUT2D eigenvalue weighted by molar-refractivity contribution is 5.95. The van der Waals surface area contributed by atoms with E-state index >= 15 is 0 Å². The Hall–Kier alpha value is -1.89. The number of nitrogens with one attached hydrogen (secondary N) is 2. The fourth-order valence-corrected chi connectivity index (χ4v) is 2.48. The molecule has 1 aliphatic rings. The lowest BCUT2D eigenvalue weighted by Gasteiger charge is -2.30. The van der Waals surface area contributed by atoms with Crippen molar-refractivity contribution >= 4 is 5.91 Å². The van der Waals surface area contributed by atoms with Gasteiger partial charge in [0.15, 0.2) is 11.5 Å². The maximum Gasteiger partial charge on any atom is 0.387 e. The lowest BCUT2D eigenvalue weighted by atomic mass is 9.95. The Kier molecular flexibility index (Phi) is 5.54. The van der Waals surface area contributed by atoms with Crippen LogP contribution in [0.4, 0.5) is 8.78 Å². The third kappa shape index (κ3) is 4.07. The zero-order valence-electron chi connectivity index (χ0n) is 12.6. The molecule has 1 heterocycles. The van der Waals surface area contributed by atoms with Crippen LogP contribution in [0.5, 0.6) is 11.5 Å². The van der Waals surface area contributed by atoms with Gasteiger partial charge in [0.25, 0.3) is 5.91 Å². The topological polar surface area (TPSA) is 59.6 Å². The maximum atomic E-state index is 12.3. The van der Waals surface area contributed by atoms with Crippen LogP contribution in [-0.2, 0) is 0 Å². The van der Waals surface area contributed by atoms with Crippen LogP contribution in [0.25, 0.3) is 0 Å². The summed E-state index contributed by atoms with van der Waals surface area (Å²) in [7, 11) is 1.34. The maximum absolute atomic E-state index is 12.3. The molecule has 0 radical (unpaired) electrons. The molecule has 1 fully saturated rings. The molecule has 1 aliphatic heterocycles. The molecule has 0 spiro atoms. The molecule has 2 atom stereocenters. The van der Waals surface area contributed by atoms with E-state index in [9.17, 15) is 13.6 Å². The van der Waals surface area contributed by atoms with Crippen LogP contribution < -0.4 is 20.1 Å². The van der Waals surface area contributed by atoms with E-state index < -0.39 is 6.61 Å². The van der Waals surface area contributed by atoms with Crippen molar-refractivity contribution in [3.8, 4) is 11.5 Å². The quantitative estimate of drug-likeness (QED) is 0.873. The van der Waals surface area contributed by atoms with Gasteiger partial charge in [-0.15, -0.1) is 0 Å². The summed E-state index contributed by atoms with van der Waals surface area (Å²) in [6, 6.07) is 4.25. The van der Waals surface area contributed by atoms with Crippen LogP contribution in [0.3, 0.4) is 0 Å². The number of methoxy groups -OCH3 is 1. The second-order valence-corrected chi connectivity index (χ2v) is 5.29. The smallest absolute Gasteiger partial charge is 0.387 e. The summed E-state index contributed by atoms with van der Waals surface area (Å²) >= 11 is 0. The minimum absolute atomic E-state index is 0.0933. The largest absolute Gasteiger partial charge is 0.493 e. The van der Waals surface area contributed by atoms with E-state index in [1.165, 1.54) is 25.3 Å². The predicted molar refractivity (Wildman–Crippen MR) is 77.5 cm³/mol. The molecule has 1 aromatic carbocycles. The monoisotopic (exact) mass is 314 g/mol. The van der Waals surface area contributed by atoms with Gasteiger partial charge in [-0.2, -0.15) is 8.78 Å². The van der Waals surface area contributed by atoms with E-state index in [0.717, 1.165) is 19.5 Å². The summed E-state index contributed by atoms with van der Waals surface area (Å²) < 4.78 is 33.9. The van der Waals surface area contributed by atoms with E-state index in [1.54, 1.807) is 0 Å². The summed E-state index contributed by atoms with van der Waals surface area (Å²) in [6.07, 6.45) is 0.858. The first-order valence-corrected chi connectivity index (χ1v) is 7.15. The summed E-state index contributed by atoms with van der Waals surface area (Å²) in [5, 5.41) is 6.24. The number of hydrogen-bond acceptors (Lipinski definition) is 4. The number of amides is 1. The molecule has 1 amide bonds. The molecule has 0 bridgehead atoms. The molecule has 0 aromatic heterocycles. The first-order valence-electron chi connectivity index (χ1n) is 7.15. The molecule has 1 saturated heterocycles. The van der Waals surface area contributed by atoms with Crippen molar-refractivity contribution in [3.05, 3.63) is 23.8 Å². The molecule has 0 aliphatic carbocycles. The summed E-state index contributed by atoms with van der Waals surface area (Å²) in [5.74, 6) is 0.0947. The molecule has 5 nitrogen and oxygen atoms in total. The van der Waals surface area contributed by atoms with Crippen molar-refractivity contribution in [3.63, 3.8) is 0 Å². The number of rotatable bonds is 5. The molecule has 1 aromatic rings. The molecular formula is C15H20F2N2O3. The van der Waals surface area contributed by atoms with E-state index in [4.69, 9.17) is 4.74 Å². The Bertz CT molecular complexity index is 526.